The lowest BCUT2D eigenvalue weighted by Gasteiger charge is -2.32. The Hall–Kier alpha value is -1.07. The standard InChI is InChI=1S/C14H21BN2O2/c1-13(2)14(3,4)19-15(18-13)11-10(9-5-6-9)7-8-17-12(11)16/h7-9H,5-6H2,1-4H3,(H2,16,17). The summed E-state index contributed by atoms with van der Waals surface area (Å²) < 4.78 is 12.2. The molecule has 102 valence electrons. The third kappa shape index (κ3) is 2.05. The first-order valence-corrected chi connectivity index (χ1v) is 6.92. The Labute approximate surface area is 114 Å². The van der Waals surface area contributed by atoms with Crippen molar-refractivity contribution in [3.63, 3.8) is 0 Å². The lowest BCUT2D eigenvalue weighted by molar-refractivity contribution is 0.00578. The molecular formula is C14H21BN2O2. The number of nitrogen functional groups attached to an aromatic ring is 1. The van der Waals surface area contributed by atoms with Crippen molar-refractivity contribution >= 4 is 18.4 Å². The van der Waals surface area contributed by atoms with Gasteiger partial charge in [-0.25, -0.2) is 4.98 Å². The van der Waals surface area contributed by atoms with Gasteiger partial charge in [-0.15, -0.1) is 0 Å². The van der Waals surface area contributed by atoms with Gasteiger partial charge in [0.1, 0.15) is 5.82 Å². The van der Waals surface area contributed by atoms with E-state index in [2.05, 4.69) is 38.7 Å². The molecule has 4 nitrogen and oxygen atoms in total. The van der Waals surface area contributed by atoms with Crippen LogP contribution in [0.25, 0.3) is 0 Å². The molecule has 1 aliphatic heterocycles. The zero-order chi connectivity index (χ0) is 13.8. The van der Waals surface area contributed by atoms with Crippen LogP contribution in [0.2, 0.25) is 0 Å². The lowest BCUT2D eigenvalue weighted by atomic mass is 9.75. The zero-order valence-corrected chi connectivity index (χ0v) is 12.1. The number of nitrogens with zero attached hydrogens (tertiary/aromatic N) is 1. The normalized spacial score (nSPS) is 24.7. The van der Waals surface area contributed by atoms with E-state index in [1.165, 1.54) is 18.4 Å². The van der Waals surface area contributed by atoms with Gasteiger partial charge in [-0.2, -0.15) is 0 Å². The van der Waals surface area contributed by atoms with Crippen molar-refractivity contribution in [2.45, 2.75) is 57.7 Å². The van der Waals surface area contributed by atoms with E-state index < -0.39 is 7.12 Å². The molecule has 2 fully saturated rings. The molecule has 0 spiro atoms. The minimum Gasteiger partial charge on any atom is -0.399 e. The van der Waals surface area contributed by atoms with Crippen LogP contribution in [0, 0.1) is 0 Å². The monoisotopic (exact) mass is 260 g/mol. The maximum atomic E-state index is 6.11. The summed E-state index contributed by atoms with van der Waals surface area (Å²) in [5, 5.41) is 0. The number of hydrogen-bond acceptors (Lipinski definition) is 4. The predicted octanol–water partition coefficient (Wildman–Crippen LogP) is 1.84. The Morgan fingerprint density at radius 2 is 1.79 bits per heavy atom. The molecule has 19 heavy (non-hydrogen) atoms. The van der Waals surface area contributed by atoms with Crippen LogP contribution in [0.15, 0.2) is 12.3 Å². The summed E-state index contributed by atoms with van der Waals surface area (Å²) in [5.41, 5.74) is 7.56. The van der Waals surface area contributed by atoms with Crippen LogP contribution in [-0.4, -0.2) is 23.3 Å². The molecule has 0 atom stereocenters. The van der Waals surface area contributed by atoms with Crippen LogP contribution in [-0.2, 0) is 9.31 Å². The number of pyridine rings is 1. The van der Waals surface area contributed by atoms with E-state index in [4.69, 9.17) is 15.0 Å². The van der Waals surface area contributed by atoms with Crippen molar-refractivity contribution in [3.05, 3.63) is 17.8 Å². The molecule has 1 aliphatic carbocycles. The Kier molecular flexibility index (Phi) is 2.70. The van der Waals surface area contributed by atoms with E-state index >= 15 is 0 Å². The third-order valence-corrected chi connectivity index (χ3v) is 4.56. The molecule has 2 N–H and O–H groups in total. The van der Waals surface area contributed by atoms with Crippen LogP contribution in [0.3, 0.4) is 0 Å². The predicted molar refractivity (Wildman–Crippen MR) is 76.3 cm³/mol. The van der Waals surface area contributed by atoms with Gasteiger partial charge in [-0.3, -0.25) is 0 Å². The Morgan fingerprint density at radius 3 is 2.32 bits per heavy atom. The minimum atomic E-state index is -0.408. The number of rotatable bonds is 2. The molecule has 1 saturated heterocycles. The van der Waals surface area contributed by atoms with Crippen molar-refractivity contribution < 1.29 is 9.31 Å². The quantitative estimate of drug-likeness (QED) is 0.824. The van der Waals surface area contributed by atoms with Gasteiger partial charge in [0.05, 0.1) is 11.2 Å². The smallest absolute Gasteiger partial charge is 0.399 e. The highest BCUT2D eigenvalue weighted by molar-refractivity contribution is 6.64. The van der Waals surface area contributed by atoms with Gasteiger partial charge in [0.2, 0.25) is 0 Å². The SMILES string of the molecule is CC1(C)OB(c2c(C3CC3)ccnc2N)OC1(C)C. The van der Waals surface area contributed by atoms with E-state index in [0.29, 0.717) is 11.7 Å². The van der Waals surface area contributed by atoms with Crippen molar-refractivity contribution in [1.29, 1.82) is 0 Å². The molecule has 1 saturated carbocycles. The van der Waals surface area contributed by atoms with E-state index in [1.807, 2.05) is 0 Å². The Morgan fingerprint density at radius 1 is 1.21 bits per heavy atom. The van der Waals surface area contributed by atoms with Crippen molar-refractivity contribution in [3.8, 4) is 0 Å². The maximum absolute atomic E-state index is 6.11. The van der Waals surface area contributed by atoms with Gasteiger partial charge < -0.3 is 15.0 Å². The highest BCUT2D eigenvalue weighted by Crippen LogP contribution is 2.42. The molecule has 0 aromatic carbocycles. The summed E-state index contributed by atoms with van der Waals surface area (Å²) >= 11 is 0. The average molecular weight is 260 g/mol. The highest BCUT2D eigenvalue weighted by atomic mass is 16.7. The number of hydrogen-bond donors (Lipinski definition) is 1. The van der Waals surface area contributed by atoms with E-state index in [9.17, 15) is 0 Å². The van der Waals surface area contributed by atoms with Gasteiger partial charge in [-0.1, -0.05) is 0 Å². The summed E-state index contributed by atoms with van der Waals surface area (Å²) in [4.78, 5) is 4.21. The van der Waals surface area contributed by atoms with Crippen LogP contribution in [0.5, 0.6) is 0 Å². The van der Waals surface area contributed by atoms with Crippen LogP contribution >= 0.6 is 0 Å². The zero-order valence-electron chi connectivity index (χ0n) is 12.1. The van der Waals surface area contributed by atoms with Crippen LogP contribution < -0.4 is 11.2 Å². The highest BCUT2D eigenvalue weighted by Gasteiger charge is 2.53. The van der Waals surface area contributed by atoms with Gasteiger partial charge >= 0.3 is 7.12 Å². The molecule has 0 amide bonds. The second kappa shape index (κ2) is 3.96. The first-order chi connectivity index (χ1) is 8.82. The Balaban J connectivity index is 2.00. The first kappa shape index (κ1) is 12.9. The summed E-state index contributed by atoms with van der Waals surface area (Å²) in [6.07, 6.45) is 4.21. The Bertz CT molecular complexity index is 496. The molecular weight excluding hydrogens is 239 g/mol. The molecule has 0 bridgehead atoms. The fourth-order valence-electron chi connectivity index (χ4n) is 2.47. The van der Waals surface area contributed by atoms with Gasteiger partial charge in [0.25, 0.3) is 0 Å². The van der Waals surface area contributed by atoms with Crippen molar-refractivity contribution in [1.82, 2.24) is 4.98 Å². The molecule has 1 aromatic heterocycles. The van der Waals surface area contributed by atoms with Crippen molar-refractivity contribution in [2.75, 3.05) is 5.73 Å². The summed E-state index contributed by atoms with van der Waals surface area (Å²) in [5.74, 6) is 1.13. The minimum absolute atomic E-state index is 0.346. The van der Waals surface area contributed by atoms with E-state index in [0.717, 1.165) is 5.46 Å². The fourth-order valence-corrected chi connectivity index (χ4v) is 2.47. The third-order valence-electron chi connectivity index (χ3n) is 4.56. The number of aromatic nitrogens is 1. The van der Waals surface area contributed by atoms with Crippen LogP contribution in [0.1, 0.15) is 52.0 Å². The van der Waals surface area contributed by atoms with E-state index in [1.54, 1.807) is 6.20 Å². The lowest BCUT2D eigenvalue weighted by Crippen LogP contribution is -2.41. The van der Waals surface area contributed by atoms with Gasteiger partial charge in [0.15, 0.2) is 0 Å². The van der Waals surface area contributed by atoms with Gasteiger partial charge in [-0.05, 0) is 58.1 Å². The largest absolute Gasteiger partial charge is 0.498 e. The molecule has 2 heterocycles. The molecule has 5 heteroatoms. The summed E-state index contributed by atoms with van der Waals surface area (Å²) in [6, 6.07) is 2.05. The molecule has 1 aromatic rings. The average Bonchev–Trinajstić information content (AvgIpc) is 3.07. The number of anilines is 1. The molecule has 0 unspecified atom stereocenters. The second-order valence-corrected chi connectivity index (χ2v) is 6.56. The van der Waals surface area contributed by atoms with Gasteiger partial charge in [0, 0.05) is 11.7 Å². The topological polar surface area (TPSA) is 57.4 Å². The van der Waals surface area contributed by atoms with E-state index in [-0.39, 0.29) is 11.2 Å². The maximum Gasteiger partial charge on any atom is 0.498 e. The molecule has 3 rings (SSSR count). The van der Waals surface area contributed by atoms with Crippen molar-refractivity contribution in [2.24, 2.45) is 0 Å². The first-order valence-electron chi connectivity index (χ1n) is 6.92. The van der Waals surface area contributed by atoms with Crippen LogP contribution in [0.4, 0.5) is 5.82 Å². The summed E-state index contributed by atoms with van der Waals surface area (Å²) in [6.45, 7) is 8.21. The molecule has 0 radical (unpaired) electrons. The number of nitrogens with two attached hydrogens (primary N) is 1. The fraction of sp³-hybridized carbons (Fsp3) is 0.643. The summed E-state index contributed by atoms with van der Waals surface area (Å²) in [7, 11) is -0.408. The molecule has 2 aliphatic rings. The second-order valence-electron chi connectivity index (χ2n) is 6.56.